The molecule has 0 aliphatic carbocycles. The number of hydrogen-bond acceptors (Lipinski definition) is 5. The van der Waals surface area contributed by atoms with E-state index in [1.807, 2.05) is 17.0 Å². The number of fused-ring (bicyclic) bond motifs is 1. The molecule has 1 aromatic heterocycles. The summed E-state index contributed by atoms with van der Waals surface area (Å²) in [6.45, 7) is 2.23. The largest absolute Gasteiger partial charge is 0.383 e. The molecule has 0 radical (unpaired) electrons. The number of aromatic nitrogens is 2. The van der Waals surface area contributed by atoms with Crippen LogP contribution in [0.15, 0.2) is 6.07 Å². The van der Waals surface area contributed by atoms with E-state index >= 15 is 0 Å². The van der Waals surface area contributed by atoms with Gasteiger partial charge in [0, 0.05) is 27.2 Å². The number of nitrogens with one attached hydrogen (secondary N) is 1. The number of urea groups is 1. The van der Waals surface area contributed by atoms with Crippen molar-refractivity contribution in [3.63, 3.8) is 0 Å². The first-order valence-electron chi connectivity index (χ1n) is 8.39. The lowest BCUT2D eigenvalue weighted by Gasteiger charge is -2.23. The molecule has 25 heavy (non-hydrogen) atoms. The van der Waals surface area contributed by atoms with Gasteiger partial charge in [0.2, 0.25) is 5.91 Å². The summed E-state index contributed by atoms with van der Waals surface area (Å²) in [5.74, 6) is 0.366. The zero-order chi connectivity index (χ0) is 18.4. The Labute approximate surface area is 152 Å². The summed E-state index contributed by atoms with van der Waals surface area (Å²) in [6.07, 6.45) is 2.23. The predicted molar refractivity (Wildman–Crippen MR) is 97.2 cm³/mol. The van der Waals surface area contributed by atoms with Crippen LogP contribution in [0, 0.1) is 0 Å². The maximum absolute atomic E-state index is 12.2. The van der Waals surface area contributed by atoms with Gasteiger partial charge in [-0.05, 0) is 30.9 Å². The number of hydrogen-bond donors (Lipinski definition) is 2. The van der Waals surface area contributed by atoms with E-state index in [2.05, 4.69) is 10.4 Å². The molecule has 0 bridgehead atoms. The number of aryl methyl sites for hydroxylation is 1. The van der Waals surface area contributed by atoms with Crippen LogP contribution >= 0.6 is 11.8 Å². The van der Waals surface area contributed by atoms with Crippen molar-refractivity contribution < 1.29 is 14.7 Å². The summed E-state index contributed by atoms with van der Waals surface area (Å²) in [7, 11) is 3.49. The minimum absolute atomic E-state index is 0.0126. The molecule has 140 valence electrons. The standard InChI is InChI=1S/C16H27N5O3S/c1-19(2)16(24)20-6-4-7-21-13(11-20)9-12(18-21)10-17-15(23)14(22)5-8-25-3/h9,14,22H,4-8,10-11H2,1-3H3,(H,17,23). The first-order valence-corrected chi connectivity index (χ1v) is 9.78. The molecule has 0 saturated heterocycles. The molecular formula is C16H27N5O3S. The van der Waals surface area contributed by atoms with Gasteiger partial charge in [0.1, 0.15) is 6.10 Å². The molecule has 3 amide bonds. The van der Waals surface area contributed by atoms with Gasteiger partial charge in [-0.3, -0.25) is 9.48 Å². The van der Waals surface area contributed by atoms with E-state index in [4.69, 9.17) is 0 Å². The summed E-state index contributed by atoms with van der Waals surface area (Å²) >= 11 is 1.60. The lowest BCUT2D eigenvalue weighted by molar-refractivity contribution is -0.129. The summed E-state index contributed by atoms with van der Waals surface area (Å²) < 4.78 is 1.90. The average molecular weight is 369 g/mol. The van der Waals surface area contributed by atoms with Crippen LogP contribution in [-0.2, 0) is 24.4 Å². The van der Waals surface area contributed by atoms with Gasteiger partial charge in [-0.25, -0.2) is 4.79 Å². The molecule has 1 unspecified atom stereocenters. The Balaban J connectivity index is 1.94. The molecule has 2 N–H and O–H groups in total. The second-order valence-corrected chi connectivity index (χ2v) is 7.30. The van der Waals surface area contributed by atoms with Crippen LogP contribution in [0.5, 0.6) is 0 Å². The SMILES string of the molecule is CSCCC(O)C(=O)NCc1cc2n(n1)CCCN(C(=O)N(C)C)C2. The maximum Gasteiger partial charge on any atom is 0.319 e. The topological polar surface area (TPSA) is 90.7 Å². The molecule has 0 fully saturated rings. The van der Waals surface area contributed by atoms with Crippen molar-refractivity contribution in [3.05, 3.63) is 17.5 Å². The van der Waals surface area contributed by atoms with Crippen LogP contribution in [-0.4, -0.2) is 75.4 Å². The number of carbonyl (C=O) groups excluding carboxylic acids is 2. The summed E-state index contributed by atoms with van der Waals surface area (Å²) in [6, 6.07) is 1.90. The molecule has 1 atom stereocenters. The van der Waals surface area contributed by atoms with Gasteiger partial charge >= 0.3 is 6.03 Å². The molecule has 1 aromatic rings. The predicted octanol–water partition coefficient (Wildman–Crippen LogP) is 0.501. The molecule has 9 heteroatoms. The van der Waals surface area contributed by atoms with Crippen molar-refractivity contribution in [2.24, 2.45) is 0 Å². The van der Waals surface area contributed by atoms with Crippen molar-refractivity contribution in [1.29, 1.82) is 0 Å². The molecular weight excluding hydrogens is 342 g/mol. The fourth-order valence-electron chi connectivity index (χ4n) is 2.71. The Bertz CT molecular complexity index is 605. The smallest absolute Gasteiger partial charge is 0.319 e. The van der Waals surface area contributed by atoms with Crippen molar-refractivity contribution in [2.75, 3.05) is 32.6 Å². The van der Waals surface area contributed by atoms with Crippen molar-refractivity contribution >= 4 is 23.7 Å². The zero-order valence-corrected chi connectivity index (χ0v) is 15.9. The van der Waals surface area contributed by atoms with Crippen LogP contribution in [0.4, 0.5) is 4.79 Å². The van der Waals surface area contributed by atoms with Crippen LogP contribution < -0.4 is 5.32 Å². The Morgan fingerprint density at radius 3 is 2.88 bits per heavy atom. The molecule has 2 rings (SSSR count). The molecule has 1 aliphatic rings. The number of amides is 3. The number of nitrogens with zero attached hydrogens (tertiary/aromatic N) is 4. The molecule has 1 aliphatic heterocycles. The van der Waals surface area contributed by atoms with Crippen molar-refractivity contribution in [2.45, 2.75) is 38.6 Å². The molecule has 0 saturated carbocycles. The van der Waals surface area contributed by atoms with E-state index in [9.17, 15) is 14.7 Å². The number of aliphatic hydroxyl groups excluding tert-OH is 1. The van der Waals surface area contributed by atoms with Gasteiger partial charge in [0.05, 0.1) is 24.5 Å². The maximum atomic E-state index is 12.2. The fraction of sp³-hybridized carbons (Fsp3) is 0.688. The second kappa shape index (κ2) is 9.10. The highest BCUT2D eigenvalue weighted by atomic mass is 32.2. The fourth-order valence-corrected chi connectivity index (χ4v) is 3.17. The van der Waals surface area contributed by atoms with Crippen molar-refractivity contribution in [3.8, 4) is 0 Å². The molecule has 2 heterocycles. The van der Waals surface area contributed by atoms with E-state index < -0.39 is 6.10 Å². The van der Waals surface area contributed by atoms with Gasteiger partial charge in [0.15, 0.2) is 0 Å². The van der Waals surface area contributed by atoms with Crippen LogP contribution in [0.3, 0.4) is 0 Å². The average Bonchev–Trinajstić information content (AvgIpc) is 2.86. The zero-order valence-electron chi connectivity index (χ0n) is 15.1. The minimum Gasteiger partial charge on any atom is -0.383 e. The number of rotatable bonds is 6. The normalized spacial score (nSPS) is 15.3. The molecule has 0 spiro atoms. The number of aliphatic hydroxyl groups is 1. The summed E-state index contributed by atoms with van der Waals surface area (Å²) in [5, 5.41) is 17.0. The highest BCUT2D eigenvalue weighted by Gasteiger charge is 2.22. The van der Waals surface area contributed by atoms with Crippen LogP contribution in [0.25, 0.3) is 0 Å². The Morgan fingerprint density at radius 2 is 2.20 bits per heavy atom. The van der Waals surface area contributed by atoms with E-state index in [1.165, 1.54) is 0 Å². The minimum atomic E-state index is -0.985. The lowest BCUT2D eigenvalue weighted by Crippen LogP contribution is -2.38. The van der Waals surface area contributed by atoms with Crippen LogP contribution in [0.2, 0.25) is 0 Å². The van der Waals surface area contributed by atoms with Gasteiger partial charge in [-0.15, -0.1) is 0 Å². The third kappa shape index (κ3) is 5.37. The van der Waals surface area contributed by atoms with Crippen LogP contribution in [0.1, 0.15) is 24.2 Å². The van der Waals surface area contributed by atoms with Gasteiger partial charge in [-0.2, -0.15) is 16.9 Å². The first kappa shape index (κ1) is 19.6. The monoisotopic (exact) mass is 369 g/mol. The first-order chi connectivity index (χ1) is 11.9. The summed E-state index contributed by atoms with van der Waals surface area (Å²) in [4.78, 5) is 27.4. The van der Waals surface area contributed by atoms with Gasteiger partial charge < -0.3 is 20.2 Å². The van der Waals surface area contributed by atoms with Crippen molar-refractivity contribution in [1.82, 2.24) is 24.9 Å². The highest BCUT2D eigenvalue weighted by Crippen LogP contribution is 2.15. The molecule has 0 aromatic carbocycles. The Hall–Kier alpha value is -1.74. The van der Waals surface area contributed by atoms with E-state index in [0.717, 1.165) is 30.1 Å². The van der Waals surface area contributed by atoms with E-state index in [-0.39, 0.29) is 18.5 Å². The third-order valence-electron chi connectivity index (χ3n) is 4.06. The number of carbonyl (C=O) groups is 2. The second-order valence-electron chi connectivity index (χ2n) is 6.32. The van der Waals surface area contributed by atoms with E-state index in [1.54, 1.807) is 35.7 Å². The summed E-state index contributed by atoms with van der Waals surface area (Å²) in [5.41, 5.74) is 1.69. The highest BCUT2D eigenvalue weighted by molar-refractivity contribution is 7.98. The molecule has 8 nitrogen and oxygen atoms in total. The lowest BCUT2D eigenvalue weighted by atomic mass is 10.2. The Morgan fingerprint density at radius 1 is 1.44 bits per heavy atom. The Kier molecular flexibility index (Phi) is 7.12. The van der Waals surface area contributed by atoms with Gasteiger partial charge in [0.25, 0.3) is 0 Å². The third-order valence-corrected chi connectivity index (χ3v) is 4.70. The van der Waals surface area contributed by atoms with Gasteiger partial charge in [-0.1, -0.05) is 0 Å². The quantitative estimate of drug-likeness (QED) is 0.762. The van der Waals surface area contributed by atoms with E-state index in [0.29, 0.717) is 19.5 Å². The number of thioether (sulfide) groups is 1.